The smallest absolute Gasteiger partial charge is 0.253 e. The summed E-state index contributed by atoms with van der Waals surface area (Å²) in [6.45, 7) is 0.782. The Balaban J connectivity index is 0.00000196. The molecule has 9 heteroatoms. The van der Waals surface area contributed by atoms with Crippen LogP contribution in [0.4, 0.5) is 5.69 Å². The average Bonchev–Trinajstić information content (AvgIpc) is 3.17. The van der Waals surface area contributed by atoms with Crippen molar-refractivity contribution in [2.24, 2.45) is 5.73 Å². The number of halogens is 2. The van der Waals surface area contributed by atoms with Gasteiger partial charge in [0.15, 0.2) is 11.5 Å². The van der Waals surface area contributed by atoms with Crippen molar-refractivity contribution < 1.29 is 19.0 Å². The minimum Gasteiger partial charge on any atom is -0.493 e. The van der Waals surface area contributed by atoms with E-state index in [1.807, 2.05) is 12.1 Å². The van der Waals surface area contributed by atoms with E-state index in [1.165, 1.54) is 0 Å². The molecule has 0 aliphatic carbocycles. The van der Waals surface area contributed by atoms with Crippen molar-refractivity contribution in [3.63, 3.8) is 0 Å². The Kier molecular flexibility index (Phi) is 10.0. The molecule has 1 fully saturated rings. The molecule has 2 aromatic rings. The Labute approximate surface area is 176 Å². The lowest BCUT2D eigenvalue weighted by atomic mass is 10.2. The average molecular weight is 430 g/mol. The first-order valence-electron chi connectivity index (χ1n) is 8.55. The number of nitrogens with zero attached hydrogens (tertiary/aromatic N) is 1. The molecule has 154 valence electrons. The number of methoxy groups -OCH3 is 1. The third-order valence-electron chi connectivity index (χ3n) is 4.21. The predicted molar refractivity (Wildman–Crippen MR) is 112 cm³/mol. The van der Waals surface area contributed by atoms with Gasteiger partial charge in [0.25, 0.3) is 5.91 Å². The van der Waals surface area contributed by atoms with Gasteiger partial charge in [-0.1, -0.05) is 6.07 Å². The van der Waals surface area contributed by atoms with Crippen LogP contribution in [0.2, 0.25) is 0 Å². The zero-order valence-electron chi connectivity index (χ0n) is 15.5. The third-order valence-corrected chi connectivity index (χ3v) is 4.21. The number of aromatic nitrogens is 1. The van der Waals surface area contributed by atoms with Crippen molar-refractivity contribution in [2.45, 2.75) is 31.7 Å². The molecule has 1 saturated heterocycles. The normalized spacial score (nSPS) is 17.8. The summed E-state index contributed by atoms with van der Waals surface area (Å²) < 4.78 is 16.8. The van der Waals surface area contributed by atoms with Gasteiger partial charge in [0, 0.05) is 36.3 Å². The number of nitrogens with two attached hydrogens (primary N) is 1. The van der Waals surface area contributed by atoms with Crippen LogP contribution >= 0.6 is 24.8 Å². The van der Waals surface area contributed by atoms with E-state index >= 15 is 0 Å². The molecule has 3 rings (SSSR count). The second kappa shape index (κ2) is 11.7. The van der Waals surface area contributed by atoms with Crippen LogP contribution in [-0.4, -0.2) is 36.8 Å². The van der Waals surface area contributed by atoms with Gasteiger partial charge in [-0.3, -0.25) is 9.78 Å². The van der Waals surface area contributed by atoms with Gasteiger partial charge in [-0.15, -0.1) is 24.8 Å². The zero-order valence-corrected chi connectivity index (χ0v) is 17.1. The second-order valence-corrected chi connectivity index (χ2v) is 6.06. The lowest BCUT2D eigenvalue weighted by Gasteiger charge is -2.15. The van der Waals surface area contributed by atoms with Gasteiger partial charge in [-0.25, -0.2) is 0 Å². The Bertz CT molecular complexity index is 749. The SMILES string of the molecule is COc1ccc(NC(=O)[C@@H]2CC[C@H](CN)O2)cc1OCc1cccnc1.Cl.Cl. The summed E-state index contributed by atoms with van der Waals surface area (Å²) in [5.41, 5.74) is 7.15. The number of hydrogen-bond donors (Lipinski definition) is 2. The second-order valence-electron chi connectivity index (χ2n) is 6.06. The summed E-state index contributed by atoms with van der Waals surface area (Å²) in [7, 11) is 1.57. The minimum atomic E-state index is -0.467. The van der Waals surface area contributed by atoms with E-state index in [2.05, 4.69) is 10.3 Å². The fraction of sp³-hybridized carbons (Fsp3) is 0.368. The molecule has 7 nitrogen and oxygen atoms in total. The molecule has 0 radical (unpaired) electrons. The van der Waals surface area contributed by atoms with Crippen molar-refractivity contribution in [1.82, 2.24) is 4.98 Å². The number of pyridine rings is 1. The molecular formula is C19H25Cl2N3O4. The first-order chi connectivity index (χ1) is 12.7. The third kappa shape index (κ3) is 6.24. The lowest BCUT2D eigenvalue weighted by molar-refractivity contribution is -0.126. The van der Waals surface area contributed by atoms with E-state index in [1.54, 1.807) is 37.7 Å². The topological polar surface area (TPSA) is 95.7 Å². The summed E-state index contributed by atoms with van der Waals surface area (Å²) in [5.74, 6) is 0.956. The van der Waals surface area contributed by atoms with Crippen molar-refractivity contribution in [2.75, 3.05) is 19.0 Å². The van der Waals surface area contributed by atoms with E-state index in [-0.39, 0.29) is 36.8 Å². The number of anilines is 1. The first-order valence-corrected chi connectivity index (χ1v) is 8.55. The highest BCUT2D eigenvalue weighted by Crippen LogP contribution is 2.31. The summed E-state index contributed by atoms with van der Waals surface area (Å²) in [6.07, 6.45) is 4.42. The molecular weight excluding hydrogens is 405 g/mol. The molecule has 0 unspecified atom stereocenters. The van der Waals surface area contributed by atoms with Gasteiger partial charge in [0.1, 0.15) is 12.7 Å². The number of carbonyl (C=O) groups is 1. The highest BCUT2D eigenvalue weighted by molar-refractivity contribution is 5.94. The molecule has 28 heavy (non-hydrogen) atoms. The van der Waals surface area contributed by atoms with E-state index in [0.29, 0.717) is 36.8 Å². The maximum atomic E-state index is 12.4. The number of nitrogens with one attached hydrogen (secondary N) is 1. The van der Waals surface area contributed by atoms with Crippen LogP contribution in [0.5, 0.6) is 11.5 Å². The number of benzene rings is 1. The first kappa shape index (κ1) is 24.0. The number of carbonyl (C=O) groups excluding carboxylic acids is 1. The molecule has 2 heterocycles. The maximum Gasteiger partial charge on any atom is 0.253 e. The number of hydrogen-bond acceptors (Lipinski definition) is 6. The molecule has 0 spiro atoms. The largest absolute Gasteiger partial charge is 0.493 e. The Morgan fingerprint density at radius 3 is 2.75 bits per heavy atom. The van der Waals surface area contributed by atoms with Crippen LogP contribution in [0.25, 0.3) is 0 Å². The lowest BCUT2D eigenvalue weighted by Crippen LogP contribution is -2.29. The zero-order chi connectivity index (χ0) is 18.4. The number of amides is 1. The van der Waals surface area contributed by atoms with Crippen molar-refractivity contribution in [1.29, 1.82) is 0 Å². The Morgan fingerprint density at radius 1 is 1.29 bits per heavy atom. The maximum absolute atomic E-state index is 12.4. The van der Waals surface area contributed by atoms with E-state index in [4.69, 9.17) is 19.9 Å². The van der Waals surface area contributed by atoms with E-state index in [9.17, 15) is 4.79 Å². The van der Waals surface area contributed by atoms with Crippen molar-refractivity contribution in [3.8, 4) is 11.5 Å². The standard InChI is InChI=1S/C19H23N3O4.2ClH/c1-24-16-6-4-14(22-19(23)17-7-5-15(10-20)26-17)9-18(16)25-12-13-3-2-8-21-11-13;;/h2-4,6,8-9,11,15,17H,5,7,10,12,20H2,1H3,(H,22,23);2*1H/t15-,17+;;/m1../s1. The number of ether oxygens (including phenoxy) is 3. The summed E-state index contributed by atoms with van der Waals surface area (Å²) in [6, 6.07) is 9.04. The molecule has 0 bridgehead atoms. The van der Waals surface area contributed by atoms with Crippen LogP contribution < -0.4 is 20.5 Å². The summed E-state index contributed by atoms with van der Waals surface area (Å²) in [4.78, 5) is 16.4. The van der Waals surface area contributed by atoms with Crippen LogP contribution in [0.15, 0.2) is 42.7 Å². The van der Waals surface area contributed by atoms with Crippen LogP contribution in [0, 0.1) is 0 Å². The monoisotopic (exact) mass is 429 g/mol. The van der Waals surface area contributed by atoms with Gasteiger partial charge < -0.3 is 25.3 Å². The molecule has 1 aliphatic heterocycles. The fourth-order valence-electron chi connectivity index (χ4n) is 2.81. The molecule has 0 saturated carbocycles. The molecule has 1 amide bonds. The van der Waals surface area contributed by atoms with Crippen LogP contribution in [-0.2, 0) is 16.1 Å². The molecule has 1 aliphatic rings. The highest BCUT2D eigenvalue weighted by Gasteiger charge is 2.29. The molecule has 2 atom stereocenters. The summed E-state index contributed by atoms with van der Waals surface area (Å²) in [5, 5.41) is 2.87. The van der Waals surface area contributed by atoms with Gasteiger partial charge >= 0.3 is 0 Å². The molecule has 1 aromatic heterocycles. The van der Waals surface area contributed by atoms with E-state index < -0.39 is 6.10 Å². The van der Waals surface area contributed by atoms with E-state index in [0.717, 1.165) is 12.0 Å². The van der Waals surface area contributed by atoms with Gasteiger partial charge in [-0.2, -0.15) is 0 Å². The quantitative estimate of drug-likeness (QED) is 0.702. The van der Waals surface area contributed by atoms with Crippen LogP contribution in [0.3, 0.4) is 0 Å². The molecule has 1 aromatic carbocycles. The predicted octanol–water partition coefficient (Wildman–Crippen LogP) is 2.96. The van der Waals surface area contributed by atoms with Crippen LogP contribution in [0.1, 0.15) is 18.4 Å². The van der Waals surface area contributed by atoms with Gasteiger partial charge in [-0.05, 0) is 31.0 Å². The highest BCUT2D eigenvalue weighted by atomic mass is 35.5. The fourth-order valence-corrected chi connectivity index (χ4v) is 2.81. The van der Waals surface area contributed by atoms with Gasteiger partial charge in [0.05, 0.1) is 13.2 Å². The number of rotatable bonds is 7. The Morgan fingerprint density at radius 2 is 2.11 bits per heavy atom. The Hall–Kier alpha value is -2.06. The minimum absolute atomic E-state index is 0. The molecule has 3 N–H and O–H groups in total. The van der Waals surface area contributed by atoms with Crippen molar-refractivity contribution in [3.05, 3.63) is 48.3 Å². The van der Waals surface area contributed by atoms with Gasteiger partial charge in [0.2, 0.25) is 0 Å². The summed E-state index contributed by atoms with van der Waals surface area (Å²) >= 11 is 0. The van der Waals surface area contributed by atoms with Crippen molar-refractivity contribution >= 4 is 36.4 Å².